The second kappa shape index (κ2) is 5.33. The van der Waals surface area contributed by atoms with Crippen molar-refractivity contribution in [2.45, 2.75) is 26.3 Å². The third kappa shape index (κ3) is 3.78. The van der Waals surface area contributed by atoms with Crippen LogP contribution in [0.25, 0.3) is 0 Å². The number of H-pyrrole nitrogens is 2. The molecule has 0 saturated carbocycles. The van der Waals surface area contributed by atoms with Gasteiger partial charge in [-0.1, -0.05) is 13.8 Å². The van der Waals surface area contributed by atoms with Crippen LogP contribution in [-0.2, 0) is 4.79 Å². The first-order chi connectivity index (χ1) is 7.90. The van der Waals surface area contributed by atoms with Gasteiger partial charge < -0.3 is 20.4 Å². The second-order valence-corrected chi connectivity index (χ2v) is 4.08. The Bertz CT molecular complexity index is 460. The van der Waals surface area contributed by atoms with Crippen molar-refractivity contribution in [1.29, 1.82) is 0 Å². The minimum atomic E-state index is -0.980. The third-order valence-corrected chi connectivity index (χ3v) is 2.36. The maximum Gasteiger partial charge on any atom is 0.323 e. The molecule has 4 N–H and O–H groups in total. The standard InChI is InChI=1S/C10H15N3O4/c1-5(2)6(3-8(14)15)12-9(16)7-4-11-10(17)13-7/h4-6H,3H2,1-2H3,(H,12,16)(H,14,15)(H2,11,13,17). The summed E-state index contributed by atoms with van der Waals surface area (Å²) in [4.78, 5) is 37.7. The van der Waals surface area contributed by atoms with Gasteiger partial charge in [0.25, 0.3) is 5.91 Å². The minimum Gasteiger partial charge on any atom is -0.481 e. The van der Waals surface area contributed by atoms with Gasteiger partial charge >= 0.3 is 11.7 Å². The summed E-state index contributed by atoms with van der Waals surface area (Å²) in [6.45, 7) is 3.63. The monoisotopic (exact) mass is 241 g/mol. The molecule has 0 aromatic carbocycles. The van der Waals surface area contributed by atoms with Crippen LogP contribution in [0.2, 0.25) is 0 Å². The molecular formula is C10H15N3O4. The molecule has 1 unspecified atom stereocenters. The van der Waals surface area contributed by atoms with Crippen molar-refractivity contribution in [3.8, 4) is 0 Å². The molecule has 0 spiro atoms. The van der Waals surface area contributed by atoms with Crippen LogP contribution in [0.4, 0.5) is 0 Å². The van der Waals surface area contributed by atoms with Gasteiger partial charge in [0.05, 0.1) is 6.42 Å². The average molecular weight is 241 g/mol. The molecule has 7 nitrogen and oxygen atoms in total. The number of hydrogen-bond acceptors (Lipinski definition) is 3. The highest BCUT2D eigenvalue weighted by molar-refractivity contribution is 5.92. The summed E-state index contributed by atoms with van der Waals surface area (Å²) in [5, 5.41) is 11.3. The van der Waals surface area contributed by atoms with Crippen LogP contribution in [0.3, 0.4) is 0 Å². The molecule has 17 heavy (non-hydrogen) atoms. The van der Waals surface area contributed by atoms with Gasteiger partial charge in [-0.05, 0) is 5.92 Å². The first kappa shape index (κ1) is 13.0. The molecule has 1 atom stereocenters. The quantitative estimate of drug-likeness (QED) is 0.577. The maximum absolute atomic E-state index is 11.7. The van der Waals surface area contributed by atoms with Crippen LogP contribution in [0, 0.1) is 5.92 Å². The lowest BCUT2D eigenvalue weighted by Crippen LogP contribution is -2.40. The second-order valence-electron chi connectivity index (χ2n) is 4.08. The van der Waals surface area contributed by atoms with Crippen molar-refractivity contribution in [1.82, 2.24) is 15.3 Å². The predicted octanol–water partition coefficient (Wildman–Crippen LogP) is -0.0679. The Kier molecular flexibility index (Phi) is 4.08. The molecule has 0 saturated heterocycles. The maximum atomic E-state index is 11.7. The van der Waals surface area contributed by atoms with E-state index in [4.69, 9.17) is 5.11 Å². The minimum absolute atomic E-state index is 0.0132. The lowest BCUT2D eigenvalue weighted by Gasteiger charge is -2.19. The van der Waals surface area contributed by atoms with E-state index in [2.05, 4.69) is 15.3 Å². The van der Waals surface area contributed by atoms with E-state index in [1.807, 2.05) is 13.8 Å². The normalized spacial score (nSPS) is 12.4. The number of aromatic nitrogens is 2. The zero-order valence-electron chi connectivity index (χ0n) is 9.61. The number of amides is 1. The Hall–Kier alpha value is -2.05. The zero-order chi connectivity index (χ0) is 13.0. The van der Waals surface area contributed by atoms with E-state index in [1.165, 1.54) is 6.20 Å². The van der Waals surface area contributed by atoms with Gasteiger partial charge in [0.15, 0.2) is 0 Å². The molecule has 0 bridgehead atoms. The molecule has 7 heteroatoms. The SMILES string of the molecule is CC(C)C(CC(=O)O)NC(=O)c1c[nH]c(=O)[nH]1. The third-order valence-electron chi connectivity index (χ3n) is 2.36. The molecule has 1 heterocycles. The topological polar surface area (TPSA) is 115 Å². The molecule has 1 amide bonds. The predicted molar refractivity (Wildman–Crippen MR) is 59.8 cm³/mol. The summed E-state index contributed by atoms with van der Waals surface area (Å²) in [5.41, 5.74) is -0.388. The van der Waals surface area contributed by atoms with E-state index < -0.39 is 23.6 Å². The first-order valence-corrected chi connectivity index (χ1v) is 5.20. The zero-order valence-corrected chi connectivity index (χ0v) is 9.61. The van der Waals surface area contributed by atoms with Crippen LogP contribution in [0.5, 0.6) is 0 Å². The van der Waals surface area contributed by atoms with Gasteiger partial charge in [-0.2, -0.15) is 0 Å². The molecule has 1 aromatic rings. The molecule has 1 rings (SSSR count). The fourth-order valence-electron chi connectivity index (χ4n) is 1.34. The molecule has 0 aliphatic carbocycles. The van der Waals surface area contributed by atoms with Crippen molar-refractivity contribution in [2.75, 3.05) is 0 Å². The van der Waals surface area contributed by atoms with Crippen LogP contribution in [-0.4, -0.2) is 33.0 Å². The summed E-state index contributed by atoms with van der Waals surface area (Å²) >= 11 is 0. The van der Waals surface area contributed by atoms with Gasteiger partial charge in [-0.25, -0.2) is 4.79 Å². The number of imidazole rings is 1. The average Bonchev–Trinajstić information content (AvgIpc) is 2.63. The van der Waals surface area contributed by atoms with Crippen LogP contribution < -0.4 is 11.0 Å². The lowest BCUT2D eigenvalue weighted by atomic mass is 10.0. The summed E-state index contributed by atoms with van der Waals surface area (Å²) in [5.74, 6) is -1.49. The Morgan fingerprint density at radius 3 is 2.53 bits per heavy atom. The van der Waals surface area contributed by atoms with Gasteiger partial charge in [-0.3, -0.25) is 9.59 Å². The summed E-state index contributed by atoms with van der Waals surface area (Å²) in [6, 6.07) is -0.474. The van der Waals surface area contributed by atoms with E-state index in [0.29, 0.717) is 0 Å². The van der Waals surface area contributed by atoms with E-state index in [0.717, 1.165) is 0 Å². The van der Waals surface area contributed by atoms with Crippen molar-refractivity contribution >= 4 is 11.9 Å². The number of carboxylic acid groups (broad SMARTS) is 1. The van der Waals surface area contributed by atoms with E-state index in [9.17, 15) is 14.4 Å². The van der Waals surface area contributed by atoms with E-state index in [-0.39, 0.29) is 18.0 Å². The number of rotatable bonds is 5. The molecule has 0 aliphatic rings. The number of aliphatic carboxylic acids is 1. The number of nitrogens with one attached hydrogen (secondary N) is 3. The molecule has 1 aromatic heterocycles. The summed E-state index contributed by atoms with van der Waals surface area (Å²) in [6.07, 6.45) is 1.09. The fraction of sp³-hybridized carbons (Fsp3) is 0.500. The number of aromatic amines is 2. The van der Waals surface area contributed by atoms with Crippen molar-refractivity contribution in [3.63, 3.8) is 0 Å². The largest absolute Gasteiger partial charge is 0.481 e. The summed E-state index contributed by atoms with van der Waals surface area (Å²) < 4.78 is 0. The van der Waals surface area contributed by atoms with Crippen molar-refractivity contribution in [3.05, 3.63) is 22.4 Å². The van der Waals surface area contributed by atoms with Crippen LogP contribution in [0.15, 0.2) is 11.0 Å². The van der Waals surface area contributed by atoms with Crippen LogP contribution >= 0.6 is 0 Å². The van der Waals surface area contributed by atoms with Gasteiger partial charge in [0, 0.05) is 12.2 Å². The van der Waals surface area contributed by atoms with Crippen molar-refractivity contribution in [2.24, 2.45) is 5.92 Å². The van der Waals surface area contributed by atoms with Gasteiger partial charge in [0.1, 0.15) is 5.69 Å². The highest BCUT2D eigenvalue weighted by Crippen LogP contribution is 2.07. The molecule has 0 radical (unpaired) electrons. The summed E-state index contributed by atoms with van der Waals surface area (Å²) in [7, 11) is 0. The molecule has 0 fully saturated rings. The number of carboxylic acids is 1. The number of hydrogen-bond donors (Lipinski definition) is 4. The molecular weight excluding hydrogens is 226 g/mol. The van der Waals surface area contributed by atoms with Crippen LogP contribution in [0.1, 0.15) is 30.8 Å². The smallest absolute Gasteiger partial charge is 0.323 e. The number of carbonyl (C=O) groups excluding carboxylic acids is 1. The first-order valence-electron chi connectivity index (χ1n) is 5.20. The Morgan fingerprint density at radius 1 is 1.47 bits per heavy atom. The van der Waals surface area contributed by atoms with Gasteiger partial charge in [-0.15, -0.1) is 0 Å². The lowest BCUT2D eigenvalue weighted by molar-refractivity contribution is -0.137. The Labute approximate surface area is 97.2 Å². The highest BCUT2D eigenvalue weighted by Gasteiger charge is 2.20. The fourth-order valence-corrected chi connectivity index (χ4v) is 1.34. The molecule has 94 valence electrons. The van der Waals surface area contributed by atoms with Crippen molar-refractivity contribution < 1.29 is 14.7 Å². The van der Waals surface area contributed by atoms with E-state index in [1.54, 1.807) is 0 Å². The van der Waals surface area contributed by atoms with Gasteiger partial charge in [0.2, 0.25) is 0 Å². The Morgan fingerprint density at radius 2 is 2.12 bits per heavy atom. The van der Waals surface area contributed by atoms with E-state index >= 15 is 0 Å². The molecule has 0 aliphatic heterocycles. The number of carbonyl (C=O) groups is 2. The Balaban J connectivity index is 2.70. The highest BCUT2D eigenvalue weighted by atomic mass is 16.4.